The molecule has 6 aliphatic carbocycles. The molecule has 16 heteroatoms. The number of fused-ring (bicyclic) bond motifs is 1. The zero-order valence-corrected chi connectivity index (χ0v) is 58.3. The molecule has 0 aromatic heterocycles. The Balaban J connectivity index is 0.000000199. The van der Waals surface area contributed by atoms with Gasteiger partial charge in [-0.25, -0.2) is 4.79 Å². The minimum Gasteiger partial charge on any atom is -0.463 e. The van der Waals surface area contributed by atoms with Crippen LogP contribution in [0.4, 0.5) is 0 Å². The van der Waals surface area contributed by atoms with Crippen LogP contribution in [0.15, 0.2) is 0 Å². The first-order valence-electron chi connectivity index (χ1n) is 33.7. The maximum atomic E-state index is 12.4. The molecule has 4 saturated heterocycles. The summed E-state index contributed by atoms with van der Waals surface area (Å²) in [6.07, 6.45) is 17.3. The van der Waals surface area contributed by atoms with Gasteiger partial charge in [0.25, 0.3) is 0 Å². The van der Waals surface area contributed by atoms with Crippen LogP contribution in [-0.4, -0.2) is 106 Å². The summed E-state index contributed by atoms with van der Waals surface area (Å²) >= 11 is 0. The highest BCUT2D eigenvalue weighted by Gasteiger charge is 2.65. The average Bonchev–Trinajstić information content (AvgIpc) is 1.70. The first-order valence-corrected chi connectivity index (χ1v) is 33.7. The molecular formula is C71H120O16. The minimum atomic E-state index is -0.687. The molecule has 0 aromatic carbocycles. The van der Waals surface area contributed by atoms with Crippen molar-refractivity contribution >= 4 is 41.8 Å². The van der Waals surface area contributed by atoms with Crippen LogP contribution in [0.2, 0.25) is 0 Å². The zero-order chi connectivity index (χ0) is 66.0. The van der Waals surface area contributed by atoms with Crippen molar-refractivity contribution in [1.29, 1.82) is 0 Å². The third-order valence-corrected chi connectivity index (χ3v) is 22.1. The normalized spacial score (nSPS) is 32.5. The number of carbonyl (C=O) groups is 7. The van der Waals surface area contributed by atoms with Gasteiger partial charge < -0.3 is 43.0 Å². The first-order chi connectivity index (χ1) is 39.9. The molecule has 4 heterocycles. The molecule has 0 aromatic rings. The van der Waals surface area contributed by atoms with Gasteiger partial charge in [-0.2, -0.15) is 0 Å². The van der Waals surface area contributed by atoms with Crippen LogP contribution >= 0.6 is 0 Å². The molecule has 10 atom stereocenters. The lowest BCUT2D eigenvalue weighted by atomic mass is 9.52. The Hall–Kier alpha value is -3.79. The summed E-state index contributed by atoms with van der Waals surface area (Å²) in [5.41, 5.74) is -3.27. The van der Waals surface area contributed by atoms with Crippen molar-refractivity contribution in [1.82, 2.24) is 0 Å². The van der Waals surface area contributed by atoms with E-state index in [1.165, 1.54) is 25.7 Å². The van der Waals surface area contributed by atoms with Crippen molar-refractivity contribution in [2.45, 2.75) is 340 Å². The number of ether oxygens (including phenoxy) is 8. The zero-order valence-electron chi connectivity index (χ0n) is 58.3. The summed E-state index contributed by atoms with van der Waals surface area (Å²) in [4.78, 5) is 83.3. The van der Waals surface area contributed by atoms with Crippen molar-refractivity contribution in [3.63, 3.8) is 0 Å². The van der Waals surface area contributed by atoms with E-state index in [0.29, 0.717) is 56.5 Å². The third kappa shape index (κ3) is 17.6. The van der Waals surface area contributed by atoms with E-state index in [4.69, 9.17) is 37.9 Å². The second-order valence-electron chi connectivity index (χ2n) is 33.2. The fourth-order valence-corrected chi connectivity index (χ4v) is 14.5. The highest BCUT2D eigenvalue weighted by Crippen LogP contribution is 2.59. The highest BCUT2D eigenvalue weighted by molar-refractivity contribution is 5.83. The summed E-state index contributed by atoms with van der Waals surface area (Å²) in [5, 5.41) is 10.6. The van der Waals surface area contributed by atoms with E-state index < -0.39 is 46.1 Å². The molecule has 10 aliphatic rings. The first kappa shape index (κ1) is 73.9. The van der Waals surface area contributed by atoms with E-state index >= 15 is 0 Å². The number of rotatable bonds is 16. The van der Waals surface area contributed by atoms with E-state index in [9.17, 15) is 38.7 Å². The molecule has 6 saturated carbocycles. The van der Waals surface area contributed by atoms with Crippen molar-refractivity contribution in [3.8, 4) is 0 Å². The Morgan fingerprint density at radius 2 is 1.03 bits per heavy atom. The molecule has 0 amide bonds. The fraction of sp³-hybridized carbons (Fsp3) is 0.901. The van der Waals surface area contributed by atoms with Gasteiger partial charge in [0.1, 0.15) is 22.9 Å². The smallest absolute Gasteiger partial charge is 0.347 e. The monoisotopic (exact) mass is 1230 g/mol. The molecular weight excluding hydrogens is 1110 g/mol. The molecule has 0 spiro atoms. The van der Waals surface area contributed by atoms with E-state index in [-0.39, 0.29) is 92.4 Å². The second-order valence-corrected chi connectivity index (χ2v) is 33.2. The lowest BCUT2D eigenvalue weighted by Crippen LogP contribution is -2.61. The molecule has 87 heavy (non-hydrogen) atoms. The van der Waals surface area contributed by atoms with E-state index in [0.717, 1.165) is 77.0 Å². The van der Waals surface area contributed by atoms with Crippen LogP contribution in [0, 0.1) is 61.6 Å². The van der Waals surface area contributed by atoms with Crippen molar-refractivity contribution in [3.05, 3.63) is 0 Å². The van der Waals surface area contributed by atoms with Gasteiger partial charge >= 0.3 is 41.8 Å². The van der Waals surface area contributed by atoms with Gasteiger partial charge in [-0.3, -0.25) is 28.8 Å². The molecule has 4 aliphatic heterocycles. The predicted molar refractivity (Wildman–Crippen MR) is 333 cm³/mol. The molecule has 6 bridgehead atoms. The maximum Gasteiger partial charge on any atom is 0.347 e. The average molecular weight is 1230 g/mol. The van der Waals surface area contributed by atoms with Gasteiger partial charge in [0.15, 0.2) is 12.2 Å². The van der Waals surface area contributed by atoms with E-state index in [1.54, 1.807) is 13.8 Å². The fourth-order valence-electron chi connectivity index (χ4n) is 14.5. The molecule has 10 unspecified atom stereocenters. The van der Waals surface area contributed by atoms with Crippen molar-refractivity contribution < 1.29 is 76.6 Å². The number of aliphatic hydroxyl groups is 1. The molecule has 16 nitrogen and oxygen atoms in total. The summed E-state index contributed by atoms with van der Waals surface area (Å²) in [6, 6.07) is 0. The standard InChI is InChI=1S/C17H32O2.C16H26O3.C15H28O2.C13H18O5.C10H16O4/c1-8-16(6,7)14(18)19-17(9-2)11-13(3)10-15(4,5)12-17;1-4-14(2,3)13(17)19-16-8-11-5-12(9-16)7-15(18,6-11)10-16;1-7-14(5,6)12(16)17-15(13(2,3)4)10-8-9-11-15;1-4-13(2,3)12(15)18-9-7-5-6-8(16-7)10(9)17-11(6)14;1-4-10(2,3)9(12)14-7-5-6-13-8(7)11/h13H,8-12H2,1-7H3;11-12,18H,4-10H2,1-3H3;7-11H2,1-6H3;6-10H,4-5H2,1-3H3;7H,4-6H2,1-3H3. The van der Waals surface area contributed by atoms with Gasteiger partial charge in [0.2, 0.25) is 6.10 Å². The van der Waals surface area contributed by atoms with Crippen LogP contribution in [0.1, 0.15) is 287 Å². The maximum absolute atomic E-state index is 12.4. The Morgan fingerprint density at radius 1 is 0.563 bits per heavy atom. The predicted octanol–water partition coefficient (Wildman–Crippen LogP) is 14.7. The summed E-state index contributed by atoms with van der Waals surface area (Å²) in [6.45, 7) is 45.0. The van der Waals surface area contributed by atoms with Gasteiger partial charge in [-0.05, 0) is 214 Å². The van der Waals surface area contributed by atoms with Gasteiger partial charge in [-0.1, -0.05) is 83.1 Å². The summed E-state index contributed by atoms with van der Waals surface area (Å²) in [5.74, 6) is 0.252. The van der Waals surface area contributed by atoms with E-state index in [2.05, 4.69) is 48.5 Å². The van der Waals surface area contributed by atoms with Crippen LogP contribution < -0.4 is 0 Å². The summed E-state index contributed by atoms with van der Waals surface area (Å²) < 4.78 is 44.2. The van der Waals surface area contributed by atoms with Gasteiger partial charge in [-0.15, -0.1) is 0 Å². The molecule has 1 N–H and O–H groups in total. The van der Waals surface area contributed by atoms with Crippen LogP contribution in [0.5, 0.6) is 0 Å². The Morgan fingerprint density at radius 3 is 1.47 bits per heavy atom. The third-order valence-electron chi connectivity index (χ3n) is 22.1. The van der Waals surface area contributed by atoms with Gasteiger partial charge in [0.05, 0.1) is 51.3 Å². The number of cyclic esters (lactones) is 1. The molecule has 10 fully saturated rings. The number of carbonyl (C=O) groups excluding carboxylic acids is 7. The van der Waals surface area contributed by atoms with Crippen LogP contribution in [0.3, 0.4) is 0 Å². The van der Waals surface area contributed by atoms with Crippen molar-refractivity contribution in [2.75, 3.05) is 6.61 Å². The number of hydrogen-bond donors (Lipinski definition) is 1. The number of esters is 7. The molecule has 0 radical (unpaired) electrons. The second kappa shape index (κ2) is 27.6. The molecule has 500 valence electrons. The quantitative estimate of drug-likeness (QED) is 0.112. The molecule has 10 rings (SSSR count). The lowest BCUT2D eigenvalue weighted by Gasteiger charge is -2.59. The topological polar surface area (TPSA) is 214 Å². The largest absolute Gasteiger partial charge is 0.463 e. The Labute approximate surface area is 524 Å². The van der Waals surface area contributed by atoms with Crippen LogP contribution in [0.25, 0.3) is 0 Å². The summed E-state index contributed by atoms with van der Waals surface area (Å²) in [7, 11) is 0. The van der Waals surface area contributed by atoms with Crippen molar-refractivity contribution in [2.24, 2.45) is 61.6 Å². The Kier molecular flexibility index (Phi) is 23.4. The lowest BCUT2D eigenvalue weighted by molar-refractivity contribution is -0.225. The van der Waals surface area contributed by atoms with Crippen LogP contribution in [-0.2, 0) is 71.5 Å². The number of hydrogen-bond acceptors (Lipinski definition) is 16. The Bertz CT molecular complexity index is 2370. The van der Waals surface area contributed by atoms with Gasteiger partial charge in [0, 0.05) is 18.3 Å². The van der Waals surface area contributed by atoms with E-state index in [1.807, 2.05) is 90.0 Å². The highest BCUT2D eigenvalue weighted by atomic mass is 16.7. The SMILES string of the molecule is CCC(C)(C)C(=O)OC1(C(C)(C)C)CCCC1.CCC(C)(C)C(=O)OC12CC3CC(CC(O)(C3)C1)C2.CCC(C)(C)C(=O)OC1C2CC3C(=O)OC1C3O2.CCC(C)(C)C(=O)OC1CCOC1=O.CCC1(OC(=O)C(C)(C)CC)CC(C)CC(C)(C)C1. The minimum absolute atomic E-state index is 0.0262.